The Kier molecular flexibility index (Phi) is 6.63. The number of nitrogens with zero attached hydrogens (tertiary/aromatic N) is 1. The first-order valence-electron chi connectivity index (χ1n) is 11.0. The molecule has 0 saturated heterocycles. The summed E-state index contributed by atoms with van der Waals surface area (Å²) < 4.78 is 11.4. The molecule has 0 bridgehead atoms. The van der Waals surface area contributed by atoms with Crippen molar-refractivity contribution in [3.63, 3.8) is 0 Å². The van der Waals surface area contributed by atoms with Gasteiger partial charge in [0.05, 0.1) is 18.4 Å². The molecule has 6 nitrogen and oxygen atoms in total. The van der Waals surface area contributed by atoms with E-state index in [1.165, 1.54) is 0 Å². The molecule has 0 aliphatic carbocycles. The van der Waals surface area contributed by atoms with E-state index in [0.717, 1.165) is 16.9 Å². The van der Waals surface area contributed by atoms with Gasteiger partial charge in [0, 0.05) is 12.6 Å². The second-order valence-electron chi connectivity index (χ2n) is 8.22. The molecule has 1 heterocycles. The summed E-state index contributed by atoms with van der Waals surface area (Å²) in [4.78, 5) is 27.8. The zero-order valence-corrected chi connectivity index (χ0v) is 19.1. The number of benzene rings is 3. The highest BCUT2D eigenvalue weighted by Gasteiger charge is 2.31. The maximum atomic E-state index is 13.9. The maximum absolute atomic E-state index is 13.9. The van der Waals surface area contributed by atoms with Crippen molar-refractivity contribution >= 4 is 17.5 Å². The molecule has 0 aromatic heterocycles. The first-order chi connectivity index (χ1) is 16.0. The van der Waals surface area contributed by atoms with E-state index in [1.54, 1.807) is 32.2 Å². The van der Waals surface area contributed by atoms with Gasteiger partial charge >= 0.3 is 0 Å². The lowest BCUT2D eigenvalue weighted by Gasteiger charge is -2.32. The number of para-hydroxylation sites is 2. The summed E-state index contributed by atoms with van der Waals surface area (Å²) >= 11 is 0. The minimum Gasteiger partial charge on any atom is -0.496 e. The van der Waals surface area contributed by atoms with Gasteiger partial charge in [-0.2, -0.15) is 0 Å². The van der Waals surface area contributed by atoms with Gasteiger partial charge in [-0.1, -0.05) is 54.6 Å². The summed E-state index contributed by atoms with van der Waals surface area (Å²) in [5, 5.41) is 2.83. The summed E-state index contributed by atoms with van der Waals surface area (Å²) in [5.41, 5.74) is 3.01. The van der Waals surface area contributed by atoms with E-state index in [9.17, 15) is 9.59 Å². The van der Waals surface area contributed by atoms with Crippen molar-refractivity contribution in [2.24, 2.45) is 0 Å². The van der Waals surface area contributed by atoms with E-state index < -0.39 is 6.10 Å². The Balaban J connectivity index is 1.69. The number of amides is 2. The van der Waals surface area contributed by atoms with Gasteiger partial charge in [0.2, 0.25) is 0 Å². The highest BCUT2D eigenvalue weighted by molar-refractivity contribution is 6.04. The molecule has 0 saturated carbocycles. The fraction of sp³-hybridized carbons (Fsp3) is 0.259. The first kappa shape index (κ1) is 22.4. The molecule has 1 aliphatic rings. The summed E-state index contributed by atoms with van der Waals surface area (Å²) in [6, 6.07) is 22.9. The largest absolute Gasteiger partial charge is 0.496 e. The second-order valence-corrected chi connectivity index (χ2v) is 8.22. The molecule has 0 radical (unpaired) electrons. The van der Waals surface area contributed by atoms with Gasteiger partial charge < -0.3 is 19.7 Å². The Morgan fingerprint density at radius 3 is 2.55 bits per heavy atom. The molecule has 2 unspecified atom stereocenters. The van der Waals surface area contributed by atoms with Crippen LogP contribution < -0.4 is 14.8 Å². The molecular weight excluding hydrogens is 416 g/mol. The molecule has 1 N–H and O–H groups in total. The van der Waals surface area contributed by atoms with Crippen LogP contribution in [0.5, 0.6) is 11.5 Å². The summed E-state index contributed by atoms with van der Waals surface area (Å²) in [5.74, 6) is 0.838. The van der Waals surface area contributed by atoms with Gasteiger partial charge in [-0.05, 0) is 49.6 Å². The van der Waals surface area contributed by atoms with Crippen LogP contribution in [-0.4, -0.2) is 36.0 Å². The lowest BCUT2D eigenvalue weighted by Crippen LogP contribution is -2.41. The van der Waals surface area contributed by atoms with E-state index in [0.29, 0.717) is 30.0 Å². The lowest BCUT2D eigenvalue weighted by molar-refractivity contribution is -0.122. The van der Waals surface area contributed by atoms with Crippen molar-refractivity contribution in [2.75, 3.05) is 12.4 Å². The third kappa shape index (κ3) is 4.85. The molecule has 170 valence electrons. The molecule has 2 atom stereocenters. The minimum absolute atomic E-state index is 0.125. The minimum atomic E-state index is -0.667. The van der Waals surface area contributed by atoms with Crippen molar-refractivity contribution < 1.29 is 19.1 Å². The molecule has 6 heteroatoms. The number of carbonyl (C=O) groups is 2. The molecule has 4 rings (SSSR count). The van der Waals surface area contributed by atoms with E-state index in [4.69, 9.17) is 9.47 Å². The maximum Gasteiger partial charge on any atom is 0.265 e. The van der Waals surface area contributed by atoms with Crippen LogP contribution in [0.3, 0.4) is 0 Å². The third-order valence-electron chi connectivity index (χ3n) is 5.86. The third-order valence-corrected chi connectivity index (χ3v) is 5.86. The van der Waals surface area contributed by atoms with Crippen LogP contribution in [-0.2, 0) is 17.8 Å². The van der Waals surface area contributed by atoms with Crippen LogP contribution in [0.4, 0.5) is 5.69 Å². The number of ether oxygens (including phenoxy) is 2. The molecule has 0 fully saturated rings. The summed E-state index contributed by atoms with van der Waals surface area (Å²) in [7, 11) is 1.65. The summed E-state index contributed by atoms with van der Waals surface area (Å²) in [6.45, 7) is 4.15. The number of anilines is 1. The van der Waals surface area contributed by atoms with Crippen LogP contribution >= 0.6 is 0 Å². The molecule has 0 spiro atoms. The Morgan fingerprint density at radius 1 is 1.06 bits per heavy atom. The molecule has 3 aromatic carbocycles. The zero-order valence-electron chi connectivity index (χ0n) is 19.1. The van der Waals surface area contributed by atoms with Crippen molar-refractivity contribution in [1.82, 2.24) is 4.90 Å². The monoisotopic (exact) mass is 444 g/mol. The quantitative estimate of drug-likeness (QED) is 0.574. The van der Waals surface area contributed by atoms with Gasteiger partial charge in [0.25, 0.3) is 11.8 Å². The van der Waals surface area contributed by atoms with Crippen LogP contribution in [0.15, 0.2) is 72.8 Å². The predicted octanol–water partition coefficient (Wildman–Crippen LogP) is 4.69. The molecule has 3 aromatic rings. The van der Waals surface area contributed by atoms with Gasteiger partial charge in [-0.3, -0.25) is 9.59 Å². The molecular formula is C27H28N2O4. The Labute approximate surface area is 194 Å². The highest BCUT2D eigenvalue weighted by atomic mass is 16.5. The Morgan fingerprint density at radius 2 is 1.79 bits per heavy atom. The highest BCUT2D eigenvalue weighted by Crippen LogP contribution is 2.35. The number of rotatable bonds is 7. The molecule has 2 amide bonds. The Hall–Kier alpha value is -3.80. The average molecular weight is 445 g/mol. The van der Waals surface area contributed by atoms with Crippen LogP contribution in [0.1, 0.15) is 35.3 Å². The fourth-order valence-electron chi connectivity index (χ4n) is 4.06. The number of methoxy groups -OCH3 is 1. The first-order valence-corrected chi connectivity index (χ1v) is 11.0. The van der Waals surface area contributed by atoms with Crippen molar-refractivity contribution in [1.29, 1.82) is 0 Å². The lowest BCUT2D eigenvalue weighted by atomic mass is 10.0. The van der Waals surface area contributed by atoms with E-state index in [-0.39, 0.29) is 17.9 Å². The summed E-state index contributed by atoms with van der Waals surface area (Å²) in [6.07, 6.45) is -0.0361. The van der Waals surface area contributed by atoms with Crippen molar-refractivity contribution in [2.45, 2.75) is 39.0 Å². The zero-order chi connectivity index (χ0) is 23.4. The fourth-order valence-corrected chi connectivity index (χ4v) is 4.06. The second kappa shape index (κ2) is 9.77. The van der Waals surface area contributed by atoms with Gasteiger partial charge in [-0.25, -0.2) is 0 Å². The van der Waals surface area contributed by atoms with Crippen LogP contribution in [0.2, 0.25) is 0 Å². The van der Waals surface area contributed by atoms with Gasteiger partial charge in [-0.15, -0.1) is 0 Å². The average Bonchev–Trinajstić information content (AvgIpc) is 2.83. The Bertz CT molecular complexity index is 1150. The number of carbonyl (C=O) groups excluding carboxylic acids is 2. The van der Waals surface area contributed by atoms with Crippen LogP contribution in [0, 0.1) is 0 Å². The standard InChI is InChI=1S/C27H28N2O4/c1-18(16-21-12-7-8-15-24(21)32-3)29(17-20-10-5-4-6-11-20)27(31)22-13-9-14-23-25(22)33-19(2)26(30)28-23/h4-15,18-19H,16-17H2,1-3H3,(H,28,30). The van der Waals surface area contributed by atoms with Crippen molar-refractivity contribution in [3.05, 3.63) is 89.5 Å². The number of hydrogen-bond acceptors (Lipinski definition) is 4. The molecule has 33 heavy (non-hydrogen) atoms. The van der Waals surface area contributed by atoms with Gasteiger partial charge in [0.15, 0.2) is 11.9 Å². The van der Waals surface area contributed by atoms with E-state index >= 15 is 0 Å². The number of hydrogen-bond donors (Lipinski definition) is 1. The predicted molar refractivity (Wildman–Crippen MR) is 128 cm³/mol. The van der Waals surface area contributed by atoms with Crippen molar-refractivity contribution in [3.8, 4) is 11.5 Å². The van der Waals surface area contributed by atoms with E-state index in [1.807, 2.05) is 66.4 Å². The normalized spacial score (nSPS) is 15.6. The van der Waals surface area contributed by atoms with Crippen LogP contribution in [0.25, 0.3) is 0 Å². The SMILES string of the molecule is COc1ccccc1CC(C)N(Cc1ccccc1)C(=O)c1cccc2c1OC(C)C(=O)N2. The number of nitrogens with one attached hydrogen (secondary N) is 1. The smallest absolute Gasteiger partial charge is 0.265 e. The van der Waals surface area contributed by atoms with Gasteiger partial charge in [0.1, 0.15) is 5.75 Å². The van der Waals surface area contributed by atoms with E-state index in [2.05, 4.69) is 5.32 Å². The topological polar surface area (TPSA) is 67.9 Å². The molecule has 1 aliphatic heterocycles. The number of fused-ring (bicyclic) bond motifs is 1.